The molecule has 0 aliphatic heterocycles. The predicted octanol–water partition coefficient (Wildman–Crippen LogP) is 4.72. The molecule has 0 aliphatic carbocycles. The highest BCUT2D eigenvalue weighted by atomic mass is 32.2. The fourth-order valence-corrected chi connectivity index (χ4v) is 4.90. The molecule has 2 amide bonds. The van der Waals surface area contributed by atoms with Crippen molar-refractivity contribution >= 4 is 40.0 Å². The van der Waals surface area contributed by atoms with Crippen LogP contribution < -0.4 is 10.6 Å². The summed E-state index contributed by atoms with van der Waals surface area (Å²) in [5.41, 5.74) is 1.03. The first kappa shape index (κ1) is 27.3. The van der Waals surface area contributed by atoms with E-state index in [0.29, 0.717) is 21.1 Å². The van der Waals surface area contributed by atoms with Gasteiger partial charge in [0.1, 0.15) is 5.01 Å². The Balaban J connectivity index is 1.57. The molecule has 0 saturated carbocycles. The van der Waals surface area contributed by atoms with Gasteiger partial charge in [-0.1, -0.05) is 47.4 Å². The van der Waals surface area contributed by atoms with Crippen molar-refractivity contribution in [1.82, 2.24) is 30.3 Å². The van der Waals surface area contributed by atoms with Crippen LogP contribution in [-0.4, -0.2) is 42.5 Å². The van der Waals surface area contributed by atoms with Gasteiger partial charge in [-0.2, -0.15) is 13.2 Å². The van der Waals surface area contributed by atoms with Gasteiger partial charge in [0.2, 0.25) is 11.0 Å². The summed E-state index contributed by atoms with van der Waals surface area (Å²) in [7, 11) is 0. The number of amides is 2. The molecule has 0 atom stereocenters. The lowest BCUT2D eigenvalue weighted by Crippen LogP contribution is -2.27. The third kappa shape index (κ3) is 6.37. The van der Waals surface area contributed by atoms with E-state index in [9.17, 15) is 22.8 Å². The molecule has 0 unspecified atom stereocenters. The second-order valence-electron chi connectivity index (χ2n) is 8.21. The van der Waals surface area contributed by atoms with E-state index in [4.69, 9.17) is 0 Å². The molecule has 0 aliphatic rings. The number of rotatable bonds is 8. The van der Waals surface area contributed by atoms with Crippen LogP contribution in [0.15, 0.2) is 47.6 Å². The van der Waals surface area contributed by atoms with Gasteiger partial charge >= 0.3 is 6.18 Å². The fraction of sp³-hybridized carbons (Fsp3) is 0.250. The van der Waals surface area contributed by atoms with Crippen LogP contribution in [0, 0.1) is 20.8 Å². The number of aryl methyl sites for hydroxylation is 3. The predicted molar refractivity (Wildman–Crippen MR) is 137 cm³/mol. The molecule has 0 bridgehead atoms. The van der Waals surface area contributed by atoms with Crippen molar-refractivity contribution in [2.45, 2.75) is 38.6 Å². The van der Waals surface area contributed by atoms with Crippen LogP contribution in [0.4, 0.5) is 18.3 Å². The Kier molecular flexibility index (Phi) is 8.11. The number of anilines is 1. The summed E-state index contributed by atoms with van der Waals surface area (Å²) in [5.74, 6) is -0.929. The van der Waals surface area contributed by atoms with Crippen molar-refractivity contribution in [1.29, 1.82) is 0 Å². The first-order valence-electron chi connectivity index (χ1n) is 11.2. The number of hydrogen-bond donors (Lipinski definition) is 2. The Hall–Kier alpha value is -3.78. The van der Waals surface area contributed by atoms with Gasteiger partial charge in [0.25, 0.3) is 5.91 Å². The van der Waals surface area contributed by atoms with E-state index < -0.39 is 23.2 Å². The van der Waals surface area contributed by atoms with Crippen LogP contribution >= 0.6 is 23.1 Å². The molecule has 0 radical (unpaired) electrons. The van der Waals surface area contributed by atoms with Crippen LogP contribution in [-0.2, 0) is 17.5 Å². The molecule has 0 fully saturated rings. The van der Waals surface area contributed by atoms with E-state index >= 15 is 0 Å². The van der Waals surface area contributed by atoms with Crippen LogP contribution in [0.25, 0.3) is 5.69 Å². The van der Waals surface area contributed by atoms with Crippen LogP contribution in [0.1, 0.15) is 37.9 Å². The smallest absolute Gasteiger partial charge is 0.345 e. The third-order valence-electron chi connectivity index (χ3n) is 5.29. The summed E-state index contributed by atoms with van der Waals surface area (Å²) < 4.78 is 41.8. The molecule has 14 heteroatoms. The molecule has 2 aromatic carbocycles. The molecular weight excluding hydrogens is 539 g/mol. The summed E-state index contributed by atoms with van der Waals surface area (Å²) in [4.78, 5) is 25.2. The van der Waals surface area contributed by atoms with Crippen molar-refractivity contribution in [3.8, 4) is 5.69 Å². The van der Waals surface area contributed by atoms with Gasteiger partial charge in [-0.3, -0.25) is 19.5 Å². The summed E-state index contributed by atoms with van der Waals surface area (Å²) in [6.07, 6.45) is -4.68. The summed E-state index contributed by atoms with van der Waals surface area (Å²) in [6, 6.07) is 10.3. The molecule has 0 spiro atoms. The lowest BCUT2D eigenvalue weighted by molar-refractivity contribution is -0.138. The zero-order valence-corrected chi connectivity index (χ0v) is 22.1. The monoisotopic (exact) mass is 561 g/mol. The largest absolute Gasteiger partial charge is 0.417 e. The van der Waals surface area contributed by atoms with Crippen LogP contribution in [0.5, 0.6) is 0 Å². The third-order valence-corrected chi connectivity index (χ3v) is 6.98. The van der Waals surface area contributed by atoms with Gasteiger partial charge in [0.05, 0.1) is 29.1 Å². The normalized spacial score (nSPS) is 11.4. The summed E-state index contributed by atoms with van der Waals surface area (Å²) in [5, 5.41) is 22.8. The average Bonchev–Trinajstić information content (AvgIpc) is 3.47. The average molecular weight is 562 g/mol. The highest BCUT2D eigenvalue weighted by Gasteiger charge is 2.34. The first-order valence-corrected chi connectivity index (χ1v) is 13.0. The number of thioether (sulfide) groups is 1. The lowest BCUT2D eigenvalue weighted by Gasteiger charge is -2.15. The zero-order valence-electron chi connectivity index (χ0n) is 20.5. The van der Waals surface area contributed by atoms with Gasteiger partial charge in [-0.15, -0.1) is 20.4 Å². The van der Waals surface area contributed by atoms with Crippen molar-refractivity contribution in [3.05, 3.63) is 75.6 Å². The number of alkyl halides is 3. The minimum Gasteiger partial charge on any atom is -0.345 e. The Morgan fingerprint density at radius 3 is 2.50 bits per heavy atom. The summed E-state index contributed by atoms with van der Waals surface area (Å²) >= 11 is 2.37. The molecule has 2 N–H and O–H groups in total. The number of aromatic nitrogens is 5. The van der Waals surface area contributed by atoms with Crippen LogP contribution in [0.3, 0.4) is 0 Å². The van der Waals surface area contributed by atoms with Gasteiger partial charge in [0.15, 0.2) is 11.0 Å². The molecule has 9 nitrogen and oxygen atoms in total. The van der Waals surface area contributed by atoms with E-state index in [1.54, 1.807) is 11.5 Å². The van der Waals surface area contributed by atoms with Crippen LogP contribution in [0.2, 0.25) is 0 Å². The number of hydrogen-bond acceptors (Lipinski definition) is 8. The van der Waals surface area contributed by atoms with Crippen molar-refractivity contribution in [3.63, 3.8) is 0 Å². The molecule has 198 valence electrons. The Morgan fingerprint density at radius 1 is 1.03 bits per heavy atom. The molecule has 2 heterocycles. The number of nitrogens with zero attached hydrogens (tertiary/aromatic N) is 5. The van der Waals surface area contributed by atoms with Crippen molar-refractivity contribution in [2.75, 3.05) is 11.1 Å². The summed E-state index contributed by atoms with van der Waals surface area (Å²) in [6.45, 7) is 5.38. The quantitative estimate of drug-likeness (QED) is 0.299. The number of carbonyl (C=O) groups is 2. The Bertz CT molecular complexity index is 1480. The zero-order chi connectivity index (χ0) is 27.4. The van der Waals surface area contributed by atoms with E-state index in [2.05, 4.69) is 31.0 Å². The number of nitrogens with one attached hydrogen (secondary N) is 2. The maximum atomic E-state index is 13.4. The van der Waals surface area contributed by atoms with Gasteiger partial charge in [-0.25, -0.2) is 0 Å². The molecular formula is C24H22F3N7O2S2. The minimum absolute atomic E-state index is 0.00700. The maximum absolute atomic E-state index is 13.4. The SMILES string of the molecule is Cc1ccc(C)c(-n2c(CNC(=O)c3ccccc3C(F)(F)F)nnc2SCC(=O)Nc2nnc(C)s2)c1. The van der Waals surface area contributed by atoms with Crippen molar-refractivity contribution in [2.24, 2.45) is 0 Å². The second kappa shape index (κ2) is 11.3. The first-order chi connectivity index (χ1) is 18.0. The maximum Gasteiger partial charge on any atom is 0.417 e. The van der Waals surface area contributed by atoms with Gasteiger partial charge < -0.3 is 5.32 Å². The highest BCUT2D eigenvalue weighted by molar-refractivity contribution is 7.99. The highest BCUT2D eigenvalue weighted by Crippen LogP contribution is 2.32. The number of carbonyl (C=O) groups excluding carboxylic acids is 2. The Labute approximate surface area is 223 Å². The Morgan fingerprint density at radius 2 is 1.79 bits per heavy atom. The topological polar surface area (TPSA) is 115 Å². The lowest BCUT2D eigenvalue weighted by atomic mass is 10.1. The number of halogens is 3. The second-order valence-corrected chi connectivity index (χ2v) is 10.3. The van der Waals surface area contributed by atoms with Gasteiger partial charge in [-0.05, 0) is 50.1 Å². The molecule has 2 aromatic heterocycles. The van der Waals surface area contributed by atoms with E-state index in [0.717, 1.165) is 40.7 Å². The number of benzene rings is 2. The fourth-order valence-electron chi connectivity index (χ4n) is 3.53. The van der Waals surface area contributed by atoms with E-state index in [1.807, 2.05) is 32.0 Å². The molecule has 4 rings (SSSR count). The molecule has 38 heavy (non-hydrogen) atoms. The molecule has 4 aromatic rings. The standard InChI is InChI=1S/C24H22F3N7O2S2/c1-13-8-9-14(2)18(10-13)34-19(11-28-21(36)16-6-4-5-7-17(16)24(25,26)27)31-33-23(34)37-12-20(35)29-22-32-30-15(3)38-22/h4-10H,11-12H2,1-3H3,(H,28,36)(H,29,32,35). The van der Waals surface area contributed by atoms with E-state index in [1.165, 1.54) is 23.5 Å². The van der Waals surface area contributed by atoms with Gasteiger partial charge in [0, 0.05) is 0 Å². The van der Waals surface area contributed by atoms with Crippen molar-refractivity contribution < 1.29 is 22.8 Å². The van der Waals surface area contributed by atoms with E-state index in [-0.39, 0.29) is 18.2 Å². The molecule has 0 saturated heterocycles. The minimum atomic E-state index is -4.68.